The summed E-state index contributed by atoms with van der Waals surface area (Å²) in [6.07, 6.45) is 14.7. The first-order valence-electron chi connectivity index (χ1n) is 7.28. The molecule has 4 rings (SSSR count). The Kier molecular flexibility index (Phi) is 2.07. The van der Waals surface area contributed by atoms with Gasteiger partial charge >= 0.3 is 0 Å². The van der Waals surface area contributed by atoms with Crippen molar-refractivity contribution in [2.45, 2.75) is 64.2 Å². The Morgan fingerprint density at radius 3 is 1.50 bits per heavy atom. The molecule has 0 radical (unpaired) electrons. The summed E-state index contributed by atoms with van der Waals surface area (Å²) >= 11 is 0. The molecule has 0 aromatic rings. The highest BCUT2D eigenvalue weighted by Crippen LogP contribution is 2.48. The van der Waals surface area contributed by atoms with Gasteiger partial charge in [-0.2, -0.15) is 0 Å². The quantitative estimate of drug-likeness (QED) is 0.594. The van der Waals surface area contributed by atoms with Crippen molar-refractivity contribution >= 4 is 0 Å². The van der Waals surface area contributed by atoms with Gasteiger partial charge in [-0.1, -0.05) is 22.3 Å². The van der Waals surface area contributed by atoms with E-state index in [9.17, 15) is 0 Å². The standard InChI is InChI=1S/C16H22/c1-3-13-7-11(1)9-15(13)5-6-16-10-12-2-4-14(16)8-12/h11-12H,1-10H2. The van der Waals surface area contributed by atoms with Crippen LogP contribution in [0.2, 0.25) is 0 Å². The highest BCUT2D eigenvalue weighted by atomic mass is 14.4. The van der Waals surface area contributed by atoms with Crippen LogP contribution in [0.15, 0.2) is 22.3 Å². The number of fused-ring (bicyclic) bond motifs is 4. The first-order valence-corrected chi connectivity index (χ1v) is 7.28. The van der Waals surface area contributed by atoms with E-state index in [0.717, 1.165) is 11.8 Å². The van der Waals surface area contributed by atoms with Crippen LogP contribution in [-0.4, -0.2) is 0 Å². The fraction of sp³-hybridized carbons (Fsp3) is 0.750. The number of allylic oxidation sites excluding steroid dienone is 4. The van der Waals surface area contributed by atoms with Gasteiger partial charge in [-0.05, 0) is 76.0 Å². The van der Waals surface area contributed by atoms with E-state index in [1.807, 2.05) is 22.3 Å². The maximum Gasteiger partial charge on any atom is -0.0280 e. The molecule has 0 nitrogen and oxygen atoms in total. The summed E-state index contributed by atoms with van der Waals surface area (Å²) in [6, 6.07) is 0. The molecule has 4 aliphatic carbocycles. The van der Waals surface area contributed by atoms with Crippen LogP contribution < -0.4 is 0 Å². The van der Waals surface area contributed by atoms with E-state index in [0.29, 0.717) is 0 Å². The minimum absolute atomic E-state index is 1.07. The lowest BCUT2D eigenvalue weighted by molar-refractivity contribution is 0.540. The van der Waals surface area contributed by atoms with Crippen molar-refractivity contribution in [2.24, 2.45) is 11.8 Å². The maximum absolute atomic E-state index is 1.88. The normalized spacial score (nSPS) is 36.0. The highest BCUT2D eigenvalue weighted by molar-refractivity contribution is 5.30. The predicted molar refractivity (Wildman–Crippen MR) is 67.2 cm³/mol. The third-order valence-corrected chi connectivity index (χ3v) is 5.58. The van der Waals surface area contributed by atoms with Crippen LogP contribution in [-0.2, 0) is 0 Å². The number of hydrogen-bond acceptors (Lipinski definition) is 0. The molecule has 0 aliphatic heterocycles. The van der Waals surface area contributed by atoms with Gasteiger partial charge < -0.3 is 0 Å². The van der Waals surface area contributed by atoms with Crippen LogP contribution in [0.1, 0.15) is 64.2 Å². The Morgan fingerprint density at radius 1 is 0.688 bits per heavy atom. The zero-order chi connectivity index (χ0) is 10.5. The summed E-state index contributed by atoms with van der Waals surface area (Å²) in [5.74, 6) is 2.14. The molecule has 2 saturated carbocycles. The van der Waals surface area contributed by atoms with Gasteiger partial charge in [0.25, 0.3) is 0 Å². The molecule has 0 aromatic heterocycles. The average molecular weight is 214 g/mol. The Morgan fingerprint density at radius 2 is 1.19 bits per heavy atom. The van der Waals surface area contributed by atoms with Crippen LogP contribution in [0.4, 0.5) is 0 Å². The second-order valence-corrected chi connectivity index (χ2v) is 6.54. The highest BCUT2D eigenvalue weighted by Gasteiger charge is 2.32. The maximum atomic E-state index is 1.88. The van der Waals surface area contributed by atoms with E-state index in [2.05, 4.69) is 0 Å². The zero-order valence-electron chi connectivity index (χ0n) is 10.2. The molecule has 0 heteroatoms. The smallest absolute Gasteiger partial charge is 0.0280 e. The van der Waals surface area contributed by atoms with Crippen molar-refractivity contribution < 1.29 is 0 Å². The zero-order valence-corrected chi connectivity index (χ0v) is 10.2. The molecular weight excluding hydrogens is 192 g/mol. The molecule has 0 amide bonds. The lowest BCUT2D eigenvalue weighted by atomic mass is 9.91. The van der Waals surface area contributed by atoms with Gasteiger partial charge in [-0.25, -0.2) is 0 Å². The molecule has 2 unspecified atom stereocenters. The van der Waals surface area contributed by atoms with Crippen LogP contribution in [0.5, 0.6) is 0 Å². The Balaban J connectivity index is 1.43. The summed E-state index contributed by atoms with van der Waals surface area (Å²) in [5, 5.41) is 0. The van der Waals surface area contributed by atoms with Crippen molar-refractivity contribution in [1.29, 1.82) is 0 Å². The van der Waals surface area contributed by atoms with E-state index in [-0.39, 0.29) is 0 Å². The van der Waals surface area contributed by atoms with E-state index < -0.39 is 0 Å². The lowest BCUT2D eigenvalue weighted by Gasteiger charge is -2.15. The minimum Gasteiger partial charge on any atom is -0.0707 e. The van der Waals surface area contributed by atoms with E-state index in [4.69, 9.17) is 0 Å². The van der Waals surface area contributed by atoms with Gasteiger partial charge in [0.1, 0.15) is 0 Å². The Bertz CT molecular complexity index is 345. The number of hydrogen-bond donors (Lipinski definition) is 0. The monoisotopic (exact) mass is 214 g/mol. The van der Waals surface area contributed by atoms with Crippen molar-refractivity contribution in [2.75, 3.05) is 0 Å². The van der Waals surface area contributed by atoms with E-state index in [1.54, 1.807) is 0 Å². The van der Waals surface area contributed by atoms with E-state index in [1.165, 1.54) is 64.2 Å². The van der Waals surface area contributed by atoms with Crippen molar-refractivity contribution in [1.82, 2.24) is 0 Å². The van der Waals surface area contributed by atoms with Crippen LogP contribution in [0.25, 0.3) is 0 Å². The molecule has 0 heterocycles. The number of rotatable bonds is 3. The molecule has 4 aliphatic rings. The molecule has 0 aromatic carbocycles. The Hall–Kier alpha value is -0.520. The van der Waals surface area contributed by atoms with Gasteiger partial charge in [-0.3, -0.25) is 0 Å². The van der Waals surface area contributed by atoms with E-state index >= 15 is 0 Å². The van der Waals surface area contributed by atoms with Crippen LogP contribution >= 0.6 is 0 Å². The van der Waals surface area contributed by atoms with Crippen molar-refractivity contribution in [3.63, 3.8) is 0 Å². The minimum atomic E-state index is 1.07. The van der Waals surface area contributed by atoms with Crippen molar-refractivity contribution in [3.05, 3.63) is 22.3 Å². The molecule has 2 atom stereocenters. The summed E-state index contributed by atoms with van der Waals surface area (Å²) < 4.78 is 0. The van der Waals surface area contributed by atoms with Gasteiger partial charge in [0.05, 0.1) is 0 Å². The summed E-state index contributed by atoms with van der Waals surface area (Å²) in [7, 11) is 0. The molecule has 4 bridgehead atoms. The molecular formula is C16H22. The second kappa shape index (κ2) is 3.48. The molecule has 86 valence electrons. The largest absolute Gasteiger partial charge is 0.0707 e. The second-order valence-electron chi connectivity index (χ2n) is 6.54. The van der Waals surface area contributed by atoms with Gasteiger partial charge in [0.2, 0.25) is 0 Å². The lowest BCUT2D eigenvalue weighted by Crippen LogP contribution is -1.98. The SMILES string of the molecule is C(CC1=C2CCC(C1)C2)C1=C2CCC(C1)C2. The summed E-state index contributed by atoms with van der Waals surface area (Å²) in [6.45, 7) is 0. The molecule has 0 N–H and O–H groups in total. The molecule has 16 heavy (non-hydrogen) atoms. The third kappa shape index (κ3) is 1.42. The van der Waals surface area contributed by atoms with Crippen LogP contribution in [0, 0.1) is 11.8 Å². The van der Waals surface area contributed by atoms with Gasteiger partial charge in [0, 0.05) is 0 Å². The summed E-state index contributed by atoms with van der Waals surface area (Å²) in [5.41, 5.74) is 7.51. The molecule has 2 fully saturated rings. The fourth-order valence-electron chi connectivity index (χ4n) is 4.70. The first-order chi connectivity index (χ1) is 7.88. The Labute approximate surface area is 98.8 Å². The third-order valence-electron chi connectivity index (χ3n) is 5.58. The molecule has 0 spiro atoms. The van der Waals surface area contributed by atoms with Crippen molar-refractivity contribution in [3.8, 4) is 0 Å². The average Bonchev–Trinajstić information content (AvgIpc) is 3.05. The summed E-state index contributed by atoms with van der Waals surface area (Å²) in [4.78, 5) is 0. The fourth-order valence-corrected chi connectivity index (χ4v) is 4.70. The van der Waals surface area contributed by atoms with Crippen LogP contribution in [0.3, 0.4) is 0 Å². The van der Waals surface area contributed by atoms with Gasteiger partial charge in [0.15, 0.2) is 0 Å². The first kappa shape index (κ1) is 9.50. The molecule has 0 saturated heterocycles. The van der Waals surface area contributed by atoms with Gasteiger partial charge in [-0.15, -0.1) is 0 Å². The topological polar surface area (TPSA) is 0 Å². The predicted octanol–water partition coefficient (Wildman–Crippen LogP) is 4.77.